The van der Waals surface area contributed by atoms with Gasteiger partial charge in [0.2, 0.25) is 0 Å². The Labute approximate surface area is 193 Å². The maximum absolute atomic E-state index is 13.3. The summed E-state index contributed by atoms with van der Waals surface area (Å²) < 4.78 is 46.0. The van der Waals surface area contributed by atoms with Gasteiger partial charge in [0, 0.05) is 32.7 Å². The minimum absolute atomic E-state index is 0.0185. The van der Waals surface area contributed by atoms with Crippen molar-refractivity contribution in [3.8, 4) is 6.07 Å². The molecule has 0 atom stereocenters. The van der Waals surface area contributed by atoms with Crippen LogP contribution in [-0.4, -0.2) is 58.7 Å². The van der Waals surface area contributed by atoms with Crippen LogP contribution >= 0.6 is 0 Å². The number of halogens is 1. The molecule has 0 N–H and O–H groups in total. The van der Waals surface area contributed by atoms with Crippen molar-refractivity contribution in [2.24, 2.45) is 0 Å². The third-order valence-corrected chi connectivity index (χ3v) is 7.20. The smallest absolute Gasteiger partial charge is 0.409 e. The van der Waals surface area contributed by atoms with Crippen molar-refractivity contribution in [2.75, 3.05) is 48.5 Å². The van der Waals surface area contributed by atoms with Crippen LogP contribution < -0.4 is 9.21 Å². The van der Waals surface area contributed by atoms with Gasteiger partial charge in [-0.05, 0) is 55.8 Å². The quantitative estimate of drug-likeness (QED) is 0.609. The summed E-state index contributed by atoms with van der Waals surface area (Å²) in [6, 6.07) is 11.8. The number of nitrogens with zero attached hydrogens (tertiary/aromatic N) is 4. The zero-order valence-electron chi connectivity index (χ0n) is 18.7. The van der Waals surface area contributed by atoms with Gasteiger partial charge in [0.1, 0.15) is 11.9 Å². The Bertz CT molecular complexity index is 1120. The van der Waals surface area contributed by atoms with E-state index in [1.54, 1.807) is 30.0 Å². The fourth-order valence-electron chi connectivity index (χ4n) is 3.71. The highest BCUT2D eigenvalue weighted by molar-refractivity contribution is 7.92. The number of benzene rings is 2. The number of hydrogen-bond acceptors (Lipinski definition) is 6. The highest BCUT2D eigenvalue weighted by Crippen LogP contribution is 2.30. The second-order valence-corrected chi connectivity index (χ2v) is 9.38. The molecule has 1 heterocycles. The van der Waals surface area contributed by atoms with Crippen LogP contribution in [0.25, 0.3) is 0 Å². The van der Waals surface area contributed by atoms with Gasteiger partial charge in [-0.2, -0.15) is 5.26 Å². The summed E-state index contributed by atoms with van der Waals surface area (Å²) in [6.45, 7) is 6.12. The monoisotopic (exact) mass is 474 g/mol. The first kappa shape index (κ1) is 24.3. The number of nitriles is 1. The summed E-state index contributed by atoms with van der Waals surface area (Å²) in [5, 5.41) is 9.77. The van der Waals surface area contributed by atoms with E-state index in [9.17, 15) is 22.9 Å². The molecule has 1 aliphatic rings. The lowest BCUT2D eigenvalue weighted by atomic mass is 10.1. The standard InChI is InChI=1S/C23H27FN4O4S/c1-3-11-28(33(30,31)21-8-5-19(24)6-9-21)20-7-10-22(18(16-20)17-25)26-12-14-27(15-13-26)23(29)32-4-2/h5-10,16H,3-4,11-15H2,1-2H3. The number of carbonyl (C=O) groups is 1. The molecule has 2 aromatic rings. The topological polar surface area (TPSA) is 93.9 Å². The molecule has 0 aliphatic carbocycles. The van der Waals surface area contributed by atoms with Gasteiger partial charge >= 0.3 is 6.09 Å². The van der Waals surface area contributed by atoms with Gasteiger partial charge in [0.15, 0.2) is 0 Å². The molecular formula is C23H27FN4O4S. The first-order valence-electron chi connectivity index (χ1n) is 10.8. The predicted molar refractivity (Wildman–Crippen MR) is 123 cm³/mol. The number of ether oxygens (including phenoxy) is 1. The molecule has 0 saturated carbocycles. The maximum atomic E-state index is 13.3. The van der Waals surface area contributed by atoms with Gasteiger partial charge in [0.25, 0.3) is 10.0 Å². The van der Waals surface area contributed by atoms with E-state index in [1.807, 2.05) is 11.8 Å². The van der Waals surface area contributed by atoms with E-state index in [1.165, 1.54) is 16.4 Å². The fraction of sp³-hybridized carbons (Fsp3) is 0.391. The lowest BCUT2D eigenvalue weighted by Gasteiger charge is -2.36. The van der Waals surface area contributed by atoms with Crippen molar-refractivity contribution in [3.63, 3.8) is 0 Å². The number of sulfonamides is 1. The molecule has 0 spiro atoms. The molecular weight excluding hydrogens is 447 g/mol. The SMILES string of the molecule is CCCN(c1ccc(N2CCN(C(=O)OCC)CC2)c(C#N)c1)S(=O)(=O)c1ccc(F)cc1. The molecule has 0 aromatic heterocycles. The van der Waals surface area contributed by atoms with Crippen LogP contribution in [0.3, 0.4) is 0 Å². The Morgan fingerprint density at radius 1 is 1.12 bits per heavy atom. The average Bonchev–Trinajstić information content (AvgIpc) is 2.82. The molecule has 3 rings (SSSR count). The van der Waals surface area contributed by atoms with E-state index in [2.05, 4.69) is 6.07 Å². The summed E-state index contributed by atoms with van der Waals surface area (Å²) in [4.78, 5) is 15.5. The Kier molecular flexibility index (Phi) is 7.76. The average molecular weight is 475 g/mol. The Morgan fingerprint density at radius 2 is 1.79 bits per heavy atom. The summed E-state index contributed by atoms with van der Waals surface area (Å²) in [5.74, 6) is -0.518. The van der Waals surface area contributed by atoms with Crippen molar-refractivity contribution < 1.29 is 22.3 Å². The second kappa shape index (κ2) is 10.5. The molecule has 1 aliphatic heterocycles. The van der Waals surface area contributed by atoms with Crippen LogP contribution in [0.2, 0.25) is 0 Å². The minimum atomic E-state index is -3.93. The highest BCUT2D eigenvalue weighted by atomic mass is 32.2. The van der Waals surface area contributed by atoms with E-state index in [4.69, 9.17) is 4.74 Å². The number of amides is 1. The fourth-order valence-corrected chi connectivity index (χ4v) is 5.26. The molecule has 0 unspecified atom stereocenters. The van der Waals surface area contributed by atoms with Crippen molar-refractivity contribution in [1.82, 2.24) is 4.90 Å². The van der Waals surface area contributed by atoms with Crippen LogP contribution in [0, 0.1) is 17.1 Å². The van der Waals surface area contributed by atoms with E-state index >= 15 is 0 Å². The summed E-state index contributed by atoms with van der Waals surface area (Å²) in [7, 11) is -3.93. The van der Waals surface area contributed by atoms with Crippen LogP contribution in [0.1, 0.15) is 25.8 Å². The normalized spacial score (nSPS) is 14.0. The predicted octanol–water partition coefficient (Wildman–Crippen LogP) is 3.58. The van der Waals surface area contributed by atoms with Crippen LogP contribution in [0.5, 0.6) is 0 Å². The van der Waals surface area contributed by atoms with Gasteiger partial charge in [-0.25, -0.2) is 17.6 Å². The Balaban J connectivity index is 1.86. The molecule has 1 amide bonds. The maximum Gasteiger partial charge on any atom is 0.409 e. The van der Waals surface area contributed by atoms with Crippen molar-refractivity contribution in [2.45, 2.75) is 25.2 Å². The van der Waals surface area contributed by atoms with E-state index in [0.717, 1.165) is 12.1 Å². The molecule has 0 radical (unpaired) electrons. The van der Waals surface area contributed by atoms with Crippen molar-refractivity contribution in [3.05, 3.63) is 53.8 Å². The third kappa shape index (κ3) is 5.37. The van der Waals surface area contributed by atoms with Crippen LogP contribution in [-0.2, 0) is 14.8 Å². The lowest BCUT2D eigenvalue weighted by molar-refractivity contribution is 0.105. The number of carbonyl (C=O) groups excluding carboxylic acids is 1. The number of piperazine rings is 1. The van der Waals surface area contributed by atoms with Gasteiger partial charge in [-0.3, -0.25) is 4.31 Å². The summed E-state index contributed by atoms with van der Waals surface area (Å²) >= 11 is 0. The van der Waals surface area contributed by atoms with E-state index in [-0.39, 0.29) is 17.5 Å². The van der Waals surface area contributed by atoms with Crippen molar-refractivity contribution >= 4 is 27.5 Å². The van der Waals surface area contributed by atoms with E-state index in [0.29, 0.717) is 56.1 Å². The zero-order valence-corrected chi connectivity index (χ0v) is 19.5. The van der Waals surface area contributed by atoms with Crippen molar-refractivity contribution in [1.29, 1.82) is 5.26 Å². The number of rotatable bonds is 7. The van der Waals surface area contributed by atoms with Gasteiger partial charge in [0.05, 0.1) is 28.4 Å². The minimum Gasteiger partial charge on any atom is -0.450 e. The first-order valence-corrected chi connectivity index (χ1v) is 12.2. The zero-order chi connectivity index (χ0) is 24.0. The molecule has 1 fully saturated rings. The molecule has 10 heteroatoms. The summed E-state index contributed by atoms with van der Waals surface area (Å²) in [6.07, 6.45) is 0.203. The lowest BCUT2D eigenvalue weighted by Crippen LogP contribution is -2.49. The van der Waals surface area contributed by atoms with Gasteiger partial charge in [-0.15, -0.1) is 0 Å². The van der Waals surface area contributed by atoms with Gasteiger partial charge in [-0.1, -0.05) is 6.92 Å². The molecule has 1 saturated heterocycles. The molecule has 0 bridgehead atoms. The molecule has 2 aromatic carbocycles. The van der Waals surface area contributed by atoms with Gasteiger partial charge < -0.3 is 14.5 Å². The number of anilines is 2. The molecule has 33 heavy (non-hydrogen) atoms. The first-order chi connectivity index (χ1) is 15.8. The third-order valence-electron chi connectivity index (χ3n) is 5.36. The summed E-state index contributed by atoms with van der Waals surface area (Å²) in [5.41, 5.74) is 1.39. The largest absolute Gasteiger partial charge is 0.450 e. The highest BCUT2D eigenvalue weighted by Gasteiger charge is 2.27. The van der Waals surface area contributed by atoms with Crippen LogP contribution in [0.4, 0.5) is 20.6 Å². The molecule has 176 valence electrons. The Hall–Kier alpha value is -3.32. The van der Waals surface area contributed by atoms with Crippen LogP contribution in [0.15, 0.2) is 47.4 Å². The number of hydrogen-bond donors (Lipinski definition) is 0. The molecule has 8 nitrogen and oxygen atoms in total. The Morgan fingerprint density at radius 3 is 2.36 bits per heavy atom. The second-order valence-electron chi connectivity index (χ2n) is 7.52. The van der Waals surface area contributed by atoms with E-state index < -0.39 is 15.8 Å².